The molecule has 86 valence electrons. The van der Waals surface area contributed by atoms with Gasteiger partial charge < -0.3 is 10.3 Å². The Labute approximate surface area is 107 Å². The molecule has 0 saturated heterocycles. The number of benzene rings is 1. The number of rotatable bonds is 3. The van der Waals surface area contributed by atoms with Gasteiger partial charge in [-0.2, -0.15) is 4.37 Å². The van der Waals surface area contributed by atoms with Crippen LogP contribution < -0.4 is 5.32 Å². The second kappa shape index (κ2) is 4.35. The van der Waals surface area contributed by atoms with Crippen molar-refractivity contribution in [3.8, 4) is 0 Å². The highest BCUT2D eigenvalue weighted by Gasteiger charge is 2.00. The van der Waals surface area contributed by atoms with E-state index in [4.69, 9.17) is 11.6 Å². The van der Waals surface area contributed by atoms with Crippen molar-refractivity contribution in [3.63, 3.8) is 0 Å². The molecule has 0 saturated carbocycles. The third kappa shape index (κ3) is 2.25. The van der Waals surface area contributed by atoms with Gasteiger partial charge in [0.25, 0.3) is 0 Å². The van der Waals surface area contributed by atoms with Crippen molar-refractivity contribution in [2.45, 2.75) is 6.54 Å². The molecule has 0 aliphatic rings. The Bertz CT molecular complexity index is 646. The zero-order chi connectivity index (χ0) is 11.7. The maximum atomic E-state index is 5.75. The van der Waals surface area contributed by atoms with Crippen molar-refractivity contribution >= 4 is 38.9 Å². The van der Waals surface area contributed by atoms with Gasteiger partial charge in [-0.15, -0.1) is 0 Å². The molecule has 17 heavy (non-hydrogen) atoms. The van der Waals surface area contributed by atoms with Crippen molar-refractivity contribution in [1.29, 1.82) is 0 Å². The smallest absolute Gasteiger partial charge is 0.126 e. The van der Waals surface area contributed by atoms with E-state index in [0.29, 0.717) is 11.7 Å². The van der Waals surface area contributed by atoms with E-state index in [2.05, 4.69) is 31.8 Å². The molecule has 0 aliphatic carbocycles. The number of H-pyrrole nitrogens is 1. The Kier molecular flexibility index (Phi) is 2.70. The molecule has 0 radical (unpaired) electrons. The predicted octanol–water partition coefficient (Wildman–Crippen LogP) is 3.28. The van der Waals surface area contributed by atoms with E-state index < -0.39 is 0 Å². The quantitative estimate of drug-likeness (QED) is 0.763. The number of aromatic amines is 1. The summed E-state index contributed by atoms with van der Waals surface area (Å²) in [6, 6.07) is 6.17. The Morgan fingerprint density at radius 2 is 2.29 bits per heavy atom. The van der Waals surface area contributed by atoms with Gasteiger partial charge in [0.2, 0.25) is 0 Å². The maximum absolute atomic E-state index is 5.75. The summed E-state index contributed by atoms with van der Waals surface area (Å²) in [5.74, 6) is 0.818. The highest BCUT2D eigenvalue weighted by molar-refractivity contribution is 7.13. The summed E-state index contributed by atoms with van der Waals surface area (Å²) in [5, 5.41) is 4.99. The van der Waals surface area contributed by atoms with Gasteiger partial charge in [0.15, 0.2) is 0 Å². The Balaban J connectivity index is 1.76. The second-order valence-corrected chi connectivity index (χ2v) is 4.85. The van der Waals surface area contributed by atoms with Crippen molar-refractivity contribution in [2.24, 2.45) is 0 Å². The molecule has 2 N–H and O–H groups in total. The predicted molar refractivity (Wildman–Crippen MR) is 70.5 cm³/mol. The van der Waals surface area contributed by atoms with Gasteiger partial charge in [0.05, 0.1) is 17.4 Å². The molecule has 6 heteroatoms. The average molecular weight is 265 g/mol. The number of nitrogens with one attached hydrogen (secondary N) is 2. The van der Waals surface area contributed by atoms with Gasteiger partial charge in [0, 0.05) is 17.3 Å². The van der Waals surface area contributed by atoms with Crippen LogP contribution >= 0.6 is 23.1 Å². The van der Waals surface area contributed by atoms with Gasteiger partial charge in [-0.1, -0.05) is 11.6 Å². The van der Waals surface area contributed by atoms with Crippen molar-refractivity contribution in [2.75, 3.05) is 5.32 Å². The van der Waals surface area contributed by atoms with Crippen LogP contribution in [0.4, 0.5) is 5.69 Å². The summed E-state index contributed by atoms with van der Waals surface area (Å²) in [7, 11) is 0. The molecule has 0 fully saturated rings. The first-order valence-electron chi connectivity index (χ1n) is 5.09. The van der Waals surface area contributed by atoms with Gasteiger partial charge >= 0.3 is 0 Å². The zero-order valence-electron chi connectivity index (χ0n) is 8.77. The fourth-order valence-corrected chi connectivity index (χ4v) is 2.38. The van der Waals surface area contributed by atoms with E-state index in [-0.39, 0.29) is 0 Å². The van der Waals surface area contributed by atoms with Gasteiger partial charge in [-0.3, -0.25) is 0 Å². The first kappa shape index (κ1) is 10.6. The van der Waals surface area contributed by atoms with Gasteiger partial charge in [-0.05, 0) is 29.7 Å². The lowest BCUT2D eigenvalue weighted by molar-refractivity contribution is 1.00. The van der Waals surface area contributed by atoms with Crippen LogP contribution in [-0.2, 0) is 6.54 Å². The topological polar surface area (TPSA) is 53.6 Å². The summed E-state index contributed by atoms with van der Waals surface area (Å²) >= 11 is 7.25. The number of halogens is 1. The van der Waals surface area contributed by atoms with Crippen molar-refractivity contribution in [1.82, 2.24) is 14.3 Å². The summed E-state index contributed by atoms with van der Waals surface area (Å²) in [6.45, 7) is 0.621. The molecule has 0 aliphatic heterocycles. The molecule has 0 amide bonds. The standard InChI is InChI=1S/C11H9ClN4S/c12-10-5-14-11(16-10)6-13-8-1-2-9-7(3-8)4-15-17-9/h1-5,13H,6H2,(H,14,16). The van der Waals surface area contributed by atoms with Crippen LogP contribution in [0.25, 0.3) is 10.1 Å². The fraction of sp³-hybridized carbons (Fsp3) is 0.0909. The van der Waals surface area contributed by atoms with Gasteiger partial charge in [0.1, 0.15) is 11.0 Å². The van der Waals surface area contributed by atoms with Crippen LogP contribution in [0.1, 0.15) is 5.82 Å². The van der Waals surface area contributed by atoms with E-state index >= 15 is 0 Å². The first-order valence-corrected chi connectivity index (χ1v) is 6.24. The molecule has 2 heterocycles. The number of anilines is 1. The molecule has 0 bridgehead atoms. The number of aromatic nitrogens is 3. The largest absolute Gasteiger partial charge is 0.378 e. The third-order valence-electron chi connectivity index (χ3n) is 2.41. The molecule has 0 spiro atoms. The summed E-state index contributed by atoms with van der Waals surface area (Å²) < 4.78 is 5.33. The summed E-state index contributed by atoms with van der Waals surface area (Å²) in [5.41, 5.74) is 1.05. The van der Waals surface area contributed by atoms with Crippen molar-refractivity contribution < 1.29 is 0 Å². The van der Waals surface area contributed by atoms with E-state index in [1.807, 2.05) is 12.3 Å². The second-order valence-electron chi connectivity index (χ2n) is 3.61. The number of imidazole rings is 1. The minimum Gasteiger partial charge on any atom is -0.378 e. The lowest BCUT2D eigenvalue weighted by Gasteiger charge is -2.03. The van der Waals surface area contributed by atoms with E-state index in [1.165, 1.54) is 16.2 Å². The average Bonchev–Trinajstić information content (AvgIpc) is 2.94. The van der Waals surface area contributed by atoms with Crippen LogP contribution in [0.3, 0.4) is 0 Å². The lowest BCUT2D eigenvalue weighted by Crippen LogP contribution is -2.00. The molecule has 1 aromatic carbocycles. The normalized spacial score (nSPS) is 10.9. The number of fused-ring (bicyclic) bond motifs is 1. The highest BCUT2D eigenvalue weighted by atomic mass is 35.5. The van der Waals surface area contributed by atoms with Crippen LogP contribution in [0.5, 0.6) is 0 Å². The molecule has 0 unspecified atom stereocenters. The first-order chi connectivity index (χ1) is 8.31. The Morgan fingerprint density at radius 3 is 3.12 bits per heavy atom. The number of hydrogen-bond donors (Lipinski definition) is 2. The minimum absolute atomic E-state index is 0.555. The van der Waals surface area contributed by atoms with Crippen LogP contribution in [-0.4, -0.2) is 14.3 Å². The van der Waals surface area contributed by atoms with Gasteiger partial charge in [-0.25, -0.2) is 4.98 Å². The molecule has 2 aromatic heterocycles. The summed E-state index contributed by atoms with van der Waals surface area (Å²) in [6.07, 6.45) is 3.47. The maximum Gasteiger partial charge on any atom is 0.126 e. The molecule has 0 atom stereocenters. The number of hydrogen-bond acceptors (Lipinski definition) is 4. The van der Waals surface area contributed by atoms with Crippen molar-refractivity contribution in [3.05, 3.63) is 41.6 Å². The molecule has 3 aromatic rings. The Hall–Kier alpha value is -1.59. The molecular formula is C11H9ClN4S. The van der Waals surface area contributed by atoms with Crippen LogP contribution in [0.2, 0.25) is 5.15 Å². The summed E-state index contributed by atoms with van der Waals surface area (Å²) in [4.78, 5) is 7.08. The minimum atomic E-state index is 0.555. The number of nitrogens with zero attached hydrogens (tertiary/aromatic N) is 2. The highest BCUT2D eigenvalue weighted by Crippen LogP contribution is 2.22. The zero-order valence-corrected chi connectivity index (χ0v) is 10.3. The fourth-order valence-electron chi connectivity index (χ4n) is 1.59. The molecular weight excluding hydrogens is 256 g/mol. The lowest BCUT2D eigenvalue weighted by atomic mass is 10.2. The SMILES string of the molecule is Clc1cnc(CNc2ccc3sncc3c2)[nH]1. The van der Waals surface area contributed by atoms with E-state index in [0.717, 1.165) is 16.9 Å². The monoisotopic (exact) mass is 264 g/mol. The van der Waals surface area contributed by atoms with E-state index in [9.17, 15) is 0 Å². The third-order valence-corrected chi connectivity index (χ3v) is 3.38. The molecule has 3 rings (SSSR count). The van der Waals surface area contributed by atoms with Crippen LogP contribution in [0, 0.1) is 0 Å². The van der Waals surface area contributed by atoms with E-state index in [1.54, 1.807) is 6.20 Å². The molecule has 4 nitrogen and oxygen atoms in total. The Morgan fingerprint density at radius 1 is 1.35 bits per heavy atom. The van der Waals surface area contributed by atoms with Crippen LogP contribution in [0.15, 0.2) is 30.6 Å².